The highest BCUT2D eigenvalue weighted by Crippen LogP contribution is 2.48. The van der Waals surface area contributed by atoms with Crippen LogP contribution in [0.2, 0.25) is 0 Å². The van der Waals surface area contributed by atoms with Gasteiger partial charge in [-0.3, -0.25) is 4.79 Å². The highest BCUT2D eigenvalue weighted by molar-refractivity contribution is 5.85. The summed E-state index contributed by atoms with van der Waals surface area (Å²) in [5.74, 6) is -5.70. The van der Waals surface area contributed by atoms with Crippen LogP contribution < -0.4 is 0 Å². The lowest BCUT2D eigenvalue weighted by Gasteiger charge is -1.86. The second-order valence-electron chi connectivity index (χ2n) is 1.86. The van der Waals surface area contributed by atoms with Crippen LogP contribution in [-0.4, -0.2) is 17.0 Å². The van der Waals surface area contributed by atoms with Crippen LogP contribution in [0.4, 0.5) is 8.78 Å². The fourth-order valence-corrected chi connectivity index (χ4v) is 0.481. The summed E-state index contributed by atoms with van der Waals surface area (Å²) in [6, 6.07) is 0. The number of alkyl halides is 2. The van der Waals surface area contributed by atoms with E-state index >= 15 is 0 Å². The first-order chi connectivity index (χ1) is 3.54. The minimum absolute atomic E-state index is 0. The molecule has 0 saturated heterocycles. The topological polar surface area (TPSA) is 37.3 Å². The van der Waals surface area contributed by atoms with Crippen molar-refractivity contribution in [2.45, 2.75) is 12.3 Å². The number of rotatable bonds is 1. The first-order valence-corrected chi connectivity index (χ1v) is 2.14. The van der Waals surface area contributed by atoms with E-state index in [1.54, 1.807) is 0 Å². The van der Waals surface area contributed by atoms with Gasteiger partial charge in [-0.05, 0) is 0 Å². The Morgan fingerprint density at radius 2 is 2.00 bits per heavy atom. The number of hydrogen-bond acceptors (Lipinski definition) is 1. The summed E-state index contributed by atoms with van der Waals surface area (Å²) in [5, 5.41) is 7.91. The van der Waals surface area contributed by atoms with Crippen LogP contribution in [0, 0.1) is 5.92 Å². The van der Waals surface area contributed by atoms with E-state index in [-0.39, 0.29) is 12.4 Å². The maximum atomic E-state index is 11.7. The minimum Gasteiger partial charge on any atom is -0.481 e. The molecule has 0 spiro atoms. The maximum absolute atomic E-state index is 11.7. The Morgan fingerprint density at radius 1 is 1.67 bits per heavy atom. The van der Waals surface area contributed by atoms with Gasteiger partial charge in [-0.15, -0.1) is 12.4 Å². The number of hydrogen-bond donors (Lipinski definition) is 1. The minimum atomic E-state index is -2.91. The molecular formula is C4H5ClF2O2. The molecular weight excluding hydrogens is 153 g/mol. The van der Waals surface area contributed by atoms with Gasteiger partial charge in [0.15, 0.2) is 0 Å². The number of aliphatic carboxylic acids is 1. The van der Waals surface area contributed by atoms with Crippen LogP contribution >= 0.6 is 12.4 Å². The highest BCUT2D eigenvalue weighted by Gasteiger charge is 2.61. The fraction of sp³-hybridized carbons (Fsp3) is 0.750. The first-order valence-electron chi connectivity index (χ1n) is 2.14. The molecule has 0 bridgehead atoms. The van der Waals surface area contributed by atoms with Gasteiger partial charge in [0.1, 0.15) is 5.92 Å². The average Bonchev–Trinajstić information content (AvgIpc) is 2.13. The Bertz CT molecular complexity index is 137. The molecule has 54 valence electrons. The molecule has 1 rings (SSSR count). The van der Waals surface area contributed by atoms with Crippen molar-refractivity contribution in [1.29, 1.82) is 0 Å². The van der Waals surface area contributed by atoms with Crippen molar-refractivity contribution in [3.8, 4) is 0 Å². The molecule has 1 saturated carbocycles. The van der Waals surface area contributed by atoms with Crippen LogP contribution in [0.15, 0.2) is 0 Å². The Balaban J connectivity index is 0.000000640. The molecule has 0 aromatic heterocycles. The third-order valence-electron chi connectivity index (χ3n) is 1.12. The normalized spacial score (nSPS) is 28.4. The van der Waals surface area contributed by atoms with Gasteiger partial charge in [0.25, 0.3) is 5.92 Å². The van der Waals surface area contributed by atoms with Gasteiger partial charge in [0.2, 0.25) is 0 Å². The SMILES string of the molecule is Cl.O=C(O)C1CC1(F)F. The van der Waals surface area contributed by atoms with Gasteiger partial charge in [-0.1, -0.05) is 0 Å². The van der Waals surface area contributed by atoms with Crippen LogP contribution in [-0.2, 0) is 4.79 Å². The standard InChI is InChI=1S/C4H4F2O2.ClH/c5-4(6)1-2(4)3(7)8;/h2H,1H2,(H,7,8);1H. The van der Waals surface area contributed by atoms with Gasteiger partial charge in [-0.2, -0.15) is 0 Å². The monoisotopic (exact) mass is 158 g/mol. The van der Waals surface area contributed by atoms with Crippen molar-refractivity contribution in [3.05, 3.63) is 0 Å². The molecule has 2 nitrogen and oxygen atoms in total. The second-order valence-corrected chi connectivity index (χ2v) is 1.86. The molecule has 1 atom stereocenters. The molecule has 9 heavy (non-hydrogen) atoms. The lowest BCUT2D eigenvalue weighted by molar-refractivity contribution is -0.140. The predicted octanol–water partition coefficient (Wildman–Crippen LogP) is 1.15. The molecule has 0 aromatic carbocycles. The van der Waals surface area contributed by atoms with Gasteiger partial charge in [0.05, 0.1) is 0 Å². The molecule has 1 N–H and O–H groups in total. The highest BCUT2D eigenvalue weighted by atomic mass is 35.5. The van der Waals surface area contributed by atoms with E-state index in [4.69, 9.17) is 5.11 Å². The van der Waals surface area contributed by atoms with Crippen LogP contribution in [0.3, 0.4) is 0 Å². The van der Waals surface area contributed by atoms with Crippen molar-refractivity contribution >= 4 is 18.4 Å². The molecule has 1 aliphatic carbocycles. The van der Waals surface area contributed by atoms with E-state index in [2.05, 4.69) is 0 Å². The number of carboxylic acids is 1. The second kappa shape index (κ2) is 2.10. The Hall–Kier alpha value is -0.380. The average molecular weight is 159 g/mol. The summed E-state index contributed by atoms with van der Waals surface area (Å²) in [6.45, 7) is 0. The van der Waals surface area contributed by atoms with Gasteiger partial charge in [-0.25, -0.2) is 8.78 Å². The zero-order chi connectivity index (χ0) is 6.36. The molecule has 0 aliphatic heterocycles. The lowest BCUT2D eigenvalue weighted by Crippen LogP contribution is -2.04. The molecule has 0 aromatic rings. The molecule has 1 aliphatic rings. The van der Waals surface area contributed by atoms with Crippen molar-refractivity contribution in [1.82, 2.24) is 0 Å². The summed E-state index contributed by atoms with van der Waals surface area (Å²) in [6.07, 6.45) is -0.484. The first kappa shape index (κ1) is 8.62. The summed E-state index contributed by atoms with van der Waals surface area (Å²) in [7, 11) is 0. The third-order valence-corrected chi connectivity index (χ3v) is 1.12. The quantitative estimate of drug-likeness (QED) is 0.622. The molecule has 5 heteroatoms. The summed E-state index contributed by atoms with van der Waals surface area (Å²) < 4.78 is 23.3. The maximum Gasteiger partial charge on any atom is 0.312 e. The van der Waals surface area contributed by atoms with E-state index < -0.39 is 24.2 Å². The van der Waals surface area contributed by atoms with Crippen LogP contribution in [0.5, 0.6) is 0 Å². The summed E-state index contributed by atoms with van der Waals surface area (Å²) in [5.41, 5.74) is 0. The number of halogens is 3. The fourth-order valence-electron chi connectivity index (χ4n) is 0.481. The van der Waals surface area contributed by atoms with E-state index in [1.807, 2.05) is 0 Å². The number of carbonyl (C=O) groups is 1. The molecule has 0 heterocycles. The van der Waals surface area contributed by atoms with E-state index in [1.165, 1.54) is 0 Å². The van der Waals surface area contributed by atoms with Crippen LogP contribution in [0.25, 0.3) is 0 Å². The zero-order valence-corrected chi connectivity index (χ0v) is 5.12. The van der Waals surface area contributed by atoms with Crippen molar-refractivity contribution < 1.29 is 18.7 Å². The molecule has 1 unspecified atom stereocenters. The third kappa shape index (κ3) is 1.51. The van der Waals surface area contributed by atoms with E-state index in [0.29, 0.717) is 0 Å². The van der Waals surface area contributed by atoms with E-state index in [0.717, 1.165) is 0 Å². The molecule has 0 radical (unpaired) electrons. The molecule has 1 fully saturated rings. The van der Waals surface area contributed by atoms with E-state index in [9.17, 15) is 13.6 Å². The lowest BCUT2D eigenvalue weighted by atomic mass is 10.4. The van der Waals surface area contributed by atoms with Gasteiger partial charge < -0.3 is 5.11 Å². The smallest absolute Gasteiger partial charge is 0.312 e. The summed E-state index contributed by atoms with van der Waals surface area (Å²) >= 11 is 0. The Labute approximate surface area is 56.3 Å². The number of carboxylic acid groups (broad SMARTS) is 1. The van der Waals surface area contributed by atoms with Gasteiger partial charge >= 0.3 is 5.97 Å². The van der Waals surface area contributed by atoms with Crippen molar-refractivity contribution in [2.75, 3.05) is 0 Å². The zero-order valence-electron chi connectivity index (χ0n) is 4.30. The largest absolute Gasteiger partial charge is 0.481 e. The van der Waals surface area contributed by atoms with Gasteiger partial charge in [0, 0.05) is 6.42 Å². The Kier molecular flexibility index (Phi) is 2.01. The van der Waals surface area contributed by atoms with Crippen LogP contribution in [0.1, 0.15) is 6.42 Å². The summed E-state index contributed by atoms with van der Waals surface area (Å²) in [4.78, 5) is 9.70. The predicted molar refractivity (Wildman–Crippen MR) is 27.9 cm³/mol. The Morgan fingerprint density at radius 3 is 2.00 bits per heavy atom. The van der Waals surface area contributed by atoms with Crippen molar-refractivity contribution in [3.63, 3.8) is 0 Å². The molecule has 0 amide bonds. The van der Waals surface area contributed by atoms with Crippen molar-refractivity contribution in [2.24, 2.45) is 5.92 Å².